The standard InChI is InChI=1S/C17H13ClN4O4S/c1-10(15(23)19-13-6-3-5-12(18)9-13)27-17-21-20-16(26-17)11-4-2-7-14(8-11)22(24)25/h2-10H,1H3,(H,19,23)/t10-/m0/s1. The first-order valence-corrected chi connectivity index (χ1v) is 8.99. The molecule has 0 saturated carbocycles. The predicted molar refractivity (Wildman–Crippen MR) is 102 cm³/mol. The molecule has 0 aliphatic carbocycles. The predicted octanol–water partition coefficient (Wildman–Crippen LogP) is 4.42. The first-order valence-electron chi connectivity index (χ1n) is 7.74. The molecule has 3 rings (SSSR count). The van der Waals surface area contributed by atoms with Crippen molar-refractivity contribution in [1.29, 1.82) is 0 Å². The lowest BCUT2D eigenvalue weighted by Gasteiger charge is -2.09. The molecule has 8 nitrogen and oxygen atoms in total. The molecule has 1 aromatic heterocycles. The zero-order valence-corrected chi connectivity index (χ0v) is 15.5. The first kappa shape index (κ1) is 18.9. The summed E-state index contributed by atoms with van der Waals surface area (Å²) in [6.45, 7) is 1.70. The van der Waals surface area contributed by atoms with E-state index in [0.29, 0.717) is 16.3 Å². The third kappa shape index (κ3) is 4.83. The Morgan fingerprint density at radius 1 is 1.26 bits per heavy atom. The Morgan fingerprint density at radius 2 is 2.04 bits per heavy atom. The molecule has 0 fully saturated rings. The lowest BCUT2D eigenvalue weighted by Crippen LogP contribution is -2.22. The largest absolute Gasteiger partial charge is 0.411 e. The van der Waals surface area contributed by atoms with Gasteiger partial charge in [0.25, 0.3) is 10.9 Å². The number of thioether (sulfide) groups is 1. The van der Waals surface area contributed by atoms with E-state index in [-0.39, 0.29) is 22.7 Å². The van der Waals surface area contributed by atoms with Crippen molar-refractivity contribution in [3.8, 4) is 11.5 Å². The fourth-order valence-corrected chi connectivity index (χ4v) is 3.02. The van der Waals surface area contributed by atoms with Crippen LogP contribution in [-0.2, 0) is 4.79 Å². The van der Waals surface area contributed by atoms with Crippen LogP contribution in [0.15, 0.2) is 58.2 Å². The highest BCUT2D eigenvalue weighted by Crippen LogP contribution is 2.28. The SMILES string of the molecule is C[C@H](Sc1nnc(-c2cccc([N+](=O)[O-])c2)o1)C(=O)Nc1cccc(Cl)c1. The van der Waals surface area contributed by atoms with E-state index < -0.39 is 10.2 Å². The lowest BCUT2D eigenvalue weighted by atomic mass is 10.2. The molecule has 2 aromatic carbocycles. The Labute approximate surface area is 163 Å². The summed E-state index contributed by atoms with van der Waals surface area (Å²) in [6.07, 6.45) is 0. The molecule has 1 N–H and O–H groups in total. The van der Waals surface area contributed by atoms with Gasteiger partial charge in [-0.15, -0.1) is 10.2 Å². The van der Waals surface area contributed by atoms with Gasteiger partial charge in [0.1, 0.15) is 0 Å². The summed E-state index contributed by atoms with van der Waals surface area (Å²) >= 11 is 6.98. The fourth-order valence-electron chi connectivity index (χ4n) is 2.14. The van der Waals surface area contributed by atoms with Gasteiger partial charge in [0.15, 0.2) is 0 Å². The molecule has 27 heavy (non-hydrogen) atoms. The first-order chi connectivity index (χ1) is 12.9. The highest BCUT2D eigenvalue weighted by atomic mass is 35.5. The van der Waals surface area contributed by atoms with Crippen molar-refractivity contribution in [2.45, 2.75) is 17.4 Å². The Bertz CT molecular complexity index is 994. The number of hydrogen-bond acceptors (Lipinski definition) is 7. The van der Waals surface area contributed by atoms with Gasteiger partial charge in [-0.05, 0) is 31.2 Å². The highest BCUT2D eigenvalue weighted by Gasteiger charge is 2.19. The van der Waals surface area contributed by atoms with E-state index in [2.05, 4.69) is 15.5 Å². The van der Waals surface area contributed by atoms with Gasteiger partial charge in [0, 0.05) is 28.4 Å². The smallest absolute Gasteiger partial charge is 0.277 e. The van der Waals surface area contributed by atoms with Crippen molar-refractivity contribution in [2.24, 2.45) is 0 Å². The van der Waals surface area contributed by atoms with Gasteiger partial charge in [-0.3, -0.25) is 14.9 Å². The molecular formula is C17H13ClN4O4S. The number of nitrogens with zero attached hydrogens (tertiary/aromatic N) is 3. The number of benzene rings is 2. The number of anilines is 1. The van der Waals surface area contributed by atoms with Crippen molar-refractivity contribution in [3.05, 3.63) is 63.7 Å². The monoisotopic (exact) mass is 404 g/mol. The normalized spacial score (nSPS) is 11.8. The van der Waals surface area contributed by atoms with Crippen molar-refractivity contribution in [3.63, 3.8) is 0 Å². The zero-order valence-electron chi connectivity index (χ0n) is 14.0. The zero-order chi connectivity index (χ0) is 19.4. The summed E-state index contributed by atoms with van der Waals surface area (Å²) in [7, 11) is 0. The second-order valence-electron chi connectivity index (χ2n) is 5.44. The summed E-state index contributed by atoms with van der Waals surface area (Å²) in [5.74, 6) is -0.110. The molecule has 0 saturated heterocycles. The summed E-state index contributed by atoms with van der Waals surface area (Å²) in [6, 6.07) is 12.7. The molecular weight excluding hydrogens is 392 g/mol. The summed E-state index contributed by atoms with van der Waals surface area (Å²) < 4.78 is 5.51. The number of halogens is 1. The third-order valence-corrected chi connectivity index (χ3v) is 4.62. The van der Waals surface area contributed by atoms with Gasteiger partial charge in [-0.2, -0.15) is 0 Å². The van der Waals surface area contributed by atoms with Gasteiger partial charge in [-0.1, -0.05) is 35.5 Å². The molecule has 10 heteroatoms. The van der Waals surface area contributed by atoms with Gasteiger partial charge in [0.05, 0.1) is 10.2 Å². The number of amides is 1. The molecule has 0 aliphatic rings. The fraction of sp³-hybridized carbons (Fsp3) is 0.118. The molecule has 138 valence electrons. The number of carbonyl (C=O) groups is 1. The minimum absolute atomic E-state index is 0.0748. The van der Waals surface area contributed by atoms with Crippen LogP contribution in [-0.4, -0.2) is 26.3 Å². The van der Waals surface area contributed by atoms with Crippen LogP contribution in [0.5, 0.6) is 0 Å². The minimum atomic E-state index is -0.512. The van der Waals surface area contributed by atoms with Crippen LogP contribution in [0.25, 0.3) is 11.5 Å². The number of aromatic nitrogens is 2. The van der Waals surface area contributed by atoms with Crippen LogP contribution in [0.2, 0.25) is 5.02 Å². The van der Waals surface area contributed by atoms with Gasteiger partial charge in [0.2, 0.25) is 11.8 Å². The van der Waals surface area contributed by atoms with Crippen LogP contribution >= 0.6 is 23.4 Å². The van der Waals surface area contributed by atoms with Gasteiger partial charge < -0.3 is 9.73 Å². The van der Waals surface area contributed by atoms with Crippen molar-refractivity contribution >= 4 is 40.6 Å². The summed E-state index contributed by atoms with van der Waals surface area (Å²) in [5, 5.41) is 21.6. The van der Waals surface area contributed by atoms with E-state index in [4.69, 9.17) is 16.0 Å². The van der Waals surface area contributed by atoms with E-state index in [9.17, 15) is 14.9 Å². The molecule has 1 amide bonds. The van der Waals surface area contributed by atoms with E-state index in [1.54, 1.807) is 37.3 Å². The number of rotatable bonds is 6. The number of non-ortho nitro benzene ring substituents is 1. The van der Waals surface area contributed by atoms with Crippen LogP contribution < -0.4 is 5.32 Å². The van der Waals surface area contributed by atoms with Crippen LogP contribution in [0.1, 0.15) is 6.92 Å². The van der Waals surface area contributed by atoms with Crippen LogP contribution in [0.3, 0.4) is 0 Å². The van der Waals surface area contributed by atoms with E-state index in [1.807, 2.05) is 0 Å². The quantitative estimate of drug-likeness (QED) is 0.367. The Balaban J connectivity index is 1.67. The number of hydrogen-bond donors (Lipinski definition) is 1. The molecule has 1 atom stereocenters. The average molecular weight is 405 g/mol. The number of nitrogens with one attached hydrogen (secondary N) is 1. The summed E-state index contributed by atoms with van der Waals surface area (Å²) in [4.78, 5) is 22.6. The van der Waals surface area contributed by atoms with Crippen LogP contribution in [0.4, 0.5) is 11.4 Å². The second kappa shape index (κ2) is 8.19. The molecule has 0 spiro atoms. The number of carbonyl (C=O) groups excluding carboxylic acids is 1. The van der Waals surface area contributed by atoms with E-state index >= 15 is 0 Å². The molecule has 1 heterocycles. The number of nitro groups is 1. The maximum atomic E-state index is 12.3. The minimum Gasteiger partial charge on any atom is -0.411 e. The Morgan fingerprint density at radius 3 is 2.78 bits per heavy atom. The van der Waals surface area contributed by atoms with E-state index in [0.717, 1.165) is 11.8 Å². The average Bonchev–Trinajstić information content (AvgIpc) is 3.10. The maximum Gasteiger partial charge on any atom is 0.277 e. The molecule has 0 unspecified atom stereocenters. The lowest BCUT2D eigenvalue weighted by molar-refractivity contribution is -0.384. The van der Waals surface area contributed by atoms with Crippen LogP contribution in [0, 0.1) is 10.1 Å². The topological polar surface area (TPSA) is 111 Å². The third-order valence-electron chi connectivity index (χ3n) is 3.45. The molecule has 0 radical (unpaired) electrons. The van der Waals surface area contributed by atoms with E-state index in [1.165, 1.54) is 18.2 Å². The molecule has 0 aliphatic heterocycles. The van der Waals surface area contributed by atoms with Crippen molar-refractivity contribution in [2.75, 3.05) is 5.32 Å². The molecule has 3 aromatic rings. The molecule has 0 bridgehead atoms. The Hall–Kier alpha value is -2.91. The Kier molecular flexibility index (Phi) is 5.72. The van der Waals surface area contributed by atoms with Crippen molar-refractivity contribution < 1.29 is 14.1 Å². The highest BCUT2D eigenvalue weighted by molar-refractivity contribution is 8.00. The second-order valence-corrected chi connectivity index (χ2v) is 7.17. The number of nitro benzene ring substituents is 1. The van der Waals surface area contributed by atoms with Crippen molar-refractivity contribution in [1.82, 2.24) is 10.2 Å². The van der Waals surface area contributed by atoms with Gasteiger partial charge in [-0.25, -0.2) is 0 Å². The summed E-state index contributed by atoms with van der Waals surface area (Å²) in [5.41, 5.74) is 0.941. The van der Waals surface area contributed by atoms with Gasteiger partial charge >= 0.3 is 0 Å². The maximum absolute atomic E-state index is 12.3.